The minimum absolute atomic E-state index is 0.0382. The number of nitrogens with one attached hydrogen (secondary N) is 3. The van der Waals surface area contributed by atoms with Crippen LogP contribution in [0.15, 0.2) is 36.8 Å². The topological polar surface area (TPSA) is 138 Å². The number of alkyl halides is 4. The number of sulfonamides is 1. The van der Waals surface area contributed by atoms with Gasteiger partial charge in [-0.25, -0.2) is 40.9 Å². The summed E-state index contributed by atoms with van der Waals surface area (Å²) in [6.07, 6.45) is 0.631. The van der Waals surface area contributed by atoms with E-state index in [9.17, 15) is 30.8 Å². The summed E-state index contributed by atoms with van der Waals surface area (Å²) in [5.41, 5.74) is 1.68. The summed E-state index contributed by atoms with van der Waals surface area (Å²) in [7, 11) is -0.629. The summed E-state index contributed by atoms with van der Waals surface area (Å²) in [6, 6.07) is 6.13. The van der Waals surface area contributed by atoms with E-state index in [0.29, 0.717) is 11.3 Å². The molecule has 1 amide bonds. The Kier molecular flexibility index (Phi) is 6.24. The maximum Gasteiger partial charge on any atom is 0.295 e. The number of fused-ring (bicyclic) bond motifs is 1. The van der Waals surface area contributed by atoms with Crippen molar-refractivity contribution in [3.05, 3.63) is 42.6 Å². The monoisotopic (exact) mass is 566 g/mol. The van der Waals surface area contributed by atoms with Gasteiger partial charge in [0.2, 0.25) is 15.9 Å². The van der Waals surface area contributed by atoms with E-state index in [1.807, 2.05) is 0 Å². The molecule has 0 spiro atoms. The minimum Gasteiger partial charge on any atom is -0.352 e. The molecule has 1 atom stereocenters. The van der Waals surface area contributed by atoms with Crippen LogP contribution < -0.4 is 14.9 Å². The molecular weight excluding hydrogens is 544 g/mol. The molecule has 3 N–H and O–H groups in total. The van der Waals surface area contributed by atoms with E-state index < -0.39 is 46.4 Å². The smallest absolute Gasteiger partial charge is 0.295 e. The van der Waals surface area contributed by atoms with Crippen LogP contribution in [-0.2, 0) is 21.9 Å². The number of halogens is 4. The lowest BCUT2D eigenvalue weighted by Crippen LogP contribution is -2.25. The van der Waals surface area contributed by atoms with Crippen molar-refractivity contribution in [2.45, 2.75) is 18.8 Å². The van der Waals surface area contributed by atoms with Crippen molar-refractivity contribution in [3.63, 3.8) is 0 Å². The molecule has 39 heavy (non-hydrogen) atoms. The first-order valence-corrected chi connectivity index (χ1v) is 13.3. The van der Waals surface area contributed by atoms with Gasteiger partial charge in [0.1, 0.15) is 17.3 Å². The predicted octanol–water partition coefficient (Wildman–Crippen LogP) is 4.03. The van der Waals surface area contributed by atoms with Gasteiger partial charge in [0.25, 0.3) is 12.3 Å². The standard InChI is InChI=1S/C23H22F4N8O3S/c1-34-10-28-9-16(34)11-4-5-13(15(6-11)35(2)39(3,37)38)29-14-7-17(31-22(36)12-8-23(12,26)27)30-20-18(14)32-21(33-20)19(24)25/h4-7,9-10,12,19H,8H2,1-3H3,(H3,29,30,31,32,33,36)/t12-/m1/s1. The molecule has 1 saturated carbocycles. The summed E-state index contributed by atoms with van der Waals surface area (Å²) in [5.74, 6) is -6.49. The van der Waals surface area contributed by atoms with Crippen LogP contribution in [0.4, 0.5) is 40.4 Å². The predicted molar refractivity (Wildman–Crippen MR) is 136 cm³/mol. The summed E-state index contributed by atoms with van der Waals surface area (Å²) < 4.78 is 81.3. The Bertz CT molecular complexity index is 1700. The van der Waals surface area contributed by atoms with Crippen LogP contribution >= 0.6 is 0 Å². The average molecular weight is 567 g/mol. The summed E-state index contributed by atoms with van der Waals surface area (Å²) in [6.45, 7) is 0. The maximum atomic E-state index is 13.4. The third kappa shape index (κ3) is 5.10. The molecule has 1 aliphatic carbocycles. The van der Waals surface area contributed by atoms with E-state index in [1.165, 1.54) is 13.1 Å². The zero-order chi connectivity index (χ0) is 28.3. The lowest BCUT2D eigenvalue weighted by Gasteiger charge is -2.22. The van der Waals surface area contributed by atoms with Gasteiger partial charge in [-0.05, 0) is 12.1 Å². The highest BCUT2D eigenvalue weighted by molar-refractivity contribution is 7.92. The summed E-state index contributed by atoms with van der Waals surface area (Å²) in [4.78, 5) is 26.6. The number of H-pyrrole nitrogens is 1. The van der Waals surface area contributed by atoms with Crippen molar-refractivity contribution in [2.75, 3.05) is 28.2 Å². The molecule has 3 heterocycles. The zero-order valence-electron chi connectivity index (χ0n) is 20.7. The molecule has 1 aromatic carbocycles. The zero-order valence-corrected chi connectivity index (χ0v) is 21.5. The first-order chi connectivity index (χ1) is 18.2. The fraction of sp³-hybridized carbons (Fsp3) is 0.304. The number of hydrogen-bond acceptors (Lipinski definition) is 7. The number of rotatable bonds is 8. The molecule has 0 bridgehead atoms. The van der Waals surface area contributed by atoms with Crippen LogP contribution in [0.5, 0.6) is 0 Å². The highest BCUT2D eigenvalue weighted by Gasteiger charge is 2.61. The number of aromatic nitrogens is 5. The van der Waals surface area contributed by atoms with Crippen molar-refractivity contribution < 1.29 is 30.8 Å². The quantitative estimate of drug-likeness (QED) is 0.274. The molecule has 0 unspecified atom stereocenters. The van der Waals surface area contributed by atoms with E-state index in [-0.39, 0.29) is 34.0 Å². The molecule has 4 aromatic rings. The number of nitrogens with zero attached hydrogens (tertiary/aromatic N) is 5. The van der Waals surface area contributed by atoms with E-state index in [0.717, 1.165) is 10.6 Å². The molecular formula is C23H22F4N8O3S. The number of carbonyl (C=O) groups is 1. The van der Waals surface area contributed by atoms with Gasteiger partial charge in [-0.15, -0.1) is 0 Å². The van der Waals surface area contributed by atoms with E-state index in [4.69, 9.17) is 0 Å². The van der Waals surface area contributed by atoms with Crippen molar-refractivity contribution in [3.8, 4) is 11.3 Å². The molecule has 0 aliphatic heterocycles. The number of imidazole rings is 2. The van der Waals surface area contributed by atoms with Gasteiger partial charge in [-0.2, -0.15) is 0 Å². The highest BCUT2D eigenvalue weighted by Crippen LogP contribution is 2.49. The second kappa shape index (κ2) is 9.21. The fourth-order valence-corrected chi connectivity index (χ4v) is 4.51. The second-order valence-electron chi connectivity index (χ2n) is 9.16. The second-order valence-corrected chi connectivity index (χ2v) is 11.2. The molecule has 1 fully saturated rings. The molecule has 0 saturated heterocycles. The van der Waals surface area contributed by atoms with Crippen molar-refractivity contribution >= 4 is 50.0 Å². The van der Waals surface area contributed by atoms with Gasteiger partial charge >= 0.3 is 0 Å². The third-order valence-electron chi connectivity index (χ3n) is 6.29. The van der Waals surface area contributed by atoms with E-state index >= 15 is 0 Å². The van der Waals surface area contributed by atoms with Crippen LogP contribution in [0.25, 0.3) is 22.4 Å². The summed E-state index contributed by atoms with van der Waals surface area (Å²) >= 11 is 0. The Hall–Kier alpha value is -4.21. The highest BCUT2D eigenvalue weighted by atomic mass is 32.2. The van der Waals surface area contributed by atoms with Crippen LogP contribution in [0, 0.1) is 5.92 Å². The van der Waals surface area contributed by atoms with Gasteiger partial charge in [0, 0.05) is 32.1 Å². The molecule has 16 heteroatoms. The first kappa shape index (κ1) is 26.4. The number of amides is 1. The van der Waals surface area contributed by atoms with Crippen molar-refractivity contribution in [1.29, 1.82) is 0 Å². The van der Waals surface area contributed by atoms with Gasteiger partial charge in [0.05, 0.1) is 41.5 Å². The number of benzene rings is 1. The van der Waals surface area contributed by atoms with Gasteiger partial charge in [-0.1, -0.05) is 6.07 Å². The molecule has 1 aliphatic rings. The molecule has 5 rings (SSSR count). The SMILES string of the molecule is CN(c1cc(-c2cncn2C)ccc1Nc1cc(NC(=O)[C@H]2CC2(F)F)nc2[nH]c(C(F)F)nc12)S(C)(=O)=O. The minimum atomic E-state index is -3.74. The van der Waals surface area contributed by atoms with Crippen LogP contribution in [0.3, 0.4) is 0 Å². The Morgan fingerprint density at radius 3 is 2.54 bits per heavy atom. The average Bonchev–Trinajstić information content (AvgIpc) is 3.16. The van der Waals surface area contributed by atoms with Crippen LogP contribution in [-0.4, -0.2) is 58.1 Å². The molecule has 206 valence electrons. The van der Waals surface area contributed by atoms with E-state index in [1.54, 1.807) is 42.3 Å². The Morgan fingerprint density at radius 2 is 1.95 bits per heavy atom. The van der Waals surface area contributed by atoms with Gasteiger partial charge in [-0.3, -0.25) is 9.10 Å². The number of aromatic amines is 1. The molecule has 11 nitrogen and oxygen atoms in total. The van der Waals surface area contributed by atoms with Crippen LogP contribution in [0.2, 0.25) is 0 Å². The lowest BCUT2D eigenvalue weighted by atomic mass is 10.1. The lowest BCUT2D eigenvalue weighted by molar-refractivity contribution is -0.119. The van der Waals surface area contributed by atoms with Gasteiger partial charge in [0.15, 0.2) is 11.5 Å². The van der Waals surface area contributed by atoms with Crippen LogP contribution in [0.1, 0.15) is 18.7 Å². The Labute approximate surface area is 219 Å². The molecule has 3 aromatic heterocycles. The fourth-order valence-electron chi connectivity index (χ4n) is 4.00. The Balaban J connectivity index is 1.60. The normalized spacial score (nSPS) is 16.5. The largest absolute Gasteiger partial charge is 0.352 e. The van der Waals surface area contributed by atoms with Crippen molar-refractivity contribution in [1.82, 2.24) is 24.5 Å². The number of pyridine rings is 1. The van der Waals surface area contributed by atoms with E-state index in [2.05, 4.69) is 30.6 Å². The number of anilines is 4. The Morgan fingerprint density at radius 1 is 1.23 bits per heavy atom. The number of hydrogen-bond donors (Lipinski definition) is 3. The number of aryl methyl sites for hydroxylation is 1. The summed E-state index contributed by atoms with van der Waals surface area (Å²) in [5, 5.41) is 5.28. The molecule has 0 radical (unpaired) electrons. The first-order valence-electron chi connectivity index (χ1n) is 11.4. The number of carbonyl (C=O) groups excluding carboxylic acids is 1. The van der Waals surface area contributed by atoms with Crippen molar-refractivity contribution in [2.24, 2.45) is 13.0 Å². The third-order valence-corrected chi connectivity index (χ3v) is 7.48. The van der Waals surface area contributed by atoms with Gasteiger partial charge < -0.3 is 20.2 Å². The maximum absolute atomic E-state index is 13.4.